The summed E-state index contributed by atoms with van der Waals surface area (Å²) in [6.45, 7) is 4.76. The van der Waals surface area contributed by atoms with E-state index in [0.717, 1.165) is 29.1 Å². The fraction of sp³-hybridized carbons (Fsp3) is 0.220. The highest BCUT2D eigenvalue weighted by atomic mass is 15.1. The van der Waals surface area contributed by atoms with Crippen molar-refractivity contribution in [2.45, 2.75) is 63.2 Å². The molecule has 0 heterocycles. The van der Waals surface area contributed by atoms with Gasteiger partial charge < -0.3 is 4.90 Å². The molecule has 292 valence electrons. The van der Waals surface area contributed by atoms with Gasteiger partial charge in [0.05, 0.1) is 11.4 Å². The van der Waals surface area contributed by atoms with Crippen LogP contribution in [0, 0.1) is 17.8 Å². The van der Waals surface area contributed by atoms with E-state index >= 15 is 0 Å². The van der Waals surface area contributed by atoms with Crippen molar-refractivity contribution < 1.29 is 0 Å². The molecular weight excluding hydrogens is 723 g/mol. The molecule has 1 heteroatoms. The molecule has 0 unspecified atom stereocenters. The number of fused-ring (bicyclic) bond motifs is 4. The Morgan fingerprint density at radius 1 is 0.417 bits per heavy atom. The molecule has 0 radical (unpaired) electrons. The van der Waals surface area contributed by atoms with Crippen LogP contribution in [0.4, 0.5) is 17.1 Å². The lowest BCUT2D eigenvalue weighted by molar-refractivity contribution is -0.00518. The van der Waals surface area contributed by atoms with E-state index in [0.29, 0.717) is 5.41 Å². The maximum absolute atomic E-state index is 2.54. The molecule has 4 fully saturated rings. The second-order valence-corrected chi connectivity index (χ2v) is 19.2. The molecule has 0 spiro atoms. The van der Waals surface area contributed by atoms with Crippen LogP contribution in [0.25, 0.3) is 55.3 Å². The summed E-state index contributed by atoms with van der Waals surface area (Å²) in [4.78, 5) is 2.54. The maximum atomic E-state index is 2.54. The normalized spacial score (nSPS) is 21.8. The Bertz CT molecular complexity index is 2880. The minimum absolute atomic E-state index is 0.113. The molecule has 0 saturated heterocycles. The average molecular weight is 774 g/mol. The molecule has 8 aromatic rings. The van der Waals surface area contributed by atoms with Crippen LogP contribution in [0.2, 0.25) is 0 Å². The Kier molecular flexibility index (Phi) is 8.15. The van der Waals surface area contributed by atoms with Crippen molar-refractivity contribution in [3.8, 4) is 44.5 Å². The summed E-state index contributed by atoms with van der Waals surface area (Å²) in [6, 6.07) is 68.7. The van der Waals surface area contributed by atoms with E-state index in [-0.39, 0.29) is 5.41 Å². The third-order valence-electron chi connectivity index (χ3n) is 15.2. The molecule has 8 aromatic carbocycles. The van der Waals surface area contributed by atoms with Gasteiger partial charge in [0.15, 0.2) is 0 Å². The van der Waals surface area contributed by atoms with Crippen LogP contribution in [0.15, 0.2) is 182 Å². The Morgan fingerprint density at radius 3 is 1.73 bits per heavy atom. The SMILES string of the molecule is CC1(C)c2ccccc2-c2c(N(c3ccc(-c4ccc(C56CC7CC(CC(C7)C5)C6)cc4)cc3)c3ccc(-c4ccccc4)cc3-c3ccc4ccccc4c3)cccc21. The van der Waals surface area contributed by atoms with E-state index in [1.807, 2.05) is 0 Å². The van der Waals surface area contributed by atoms with E-state index in [1.165, 1.54) is 111 Å². The molecular formula is C59H51N. The predicted octanol–water partition coefficient (Wildman–Crippen LogP) is 16.1. The summed E-state index contributed by atoms with van der Waals surface area (Å²) in [6.07, 6.45) is 8.66. The largest absolute Gasteiger partial charge is 0.309 e. The molecule has 1 nitrogen and oxygen atoms in total. The smallest absolute Gasteiger partial charge is 0.0543 e. The van der Waals surface area contributed by atoms with Crippen LogP contribution in [-0.4, -0.2) is 0 Å². The van der Waals surface area contributed by atoms with Gasteiger partial charge in [-0.15, -0.1) is 0 Å². The summed E-state index contributed by atoms with van der Waals surface area (Å²) in [5.41, 5.74) is 18.2. The molecule has 13 rings (SSSR count). The molecule has 0 aliphatic heterocycles. The fourth-order valence-corrected chi connectivity index (χ4v) is 12.7. The maximum Gasteiger partial charge on any atom is 0.0543 e. The molecule has 0 amide bonds. The third-order valence-corrected chi connectivity index (χ3v) is 15.2. The highest BCUT2D eigenvalue weighted by Crippen LogP contribution is 2.61. The highest BCUT2D eigenvalue weighted by Gasteiger charge is 2.51. The van der Waals surface area contributed by atoms with Gasteiger partial charge in [-0.3, -0.25) is 0 Å². The third kappa shape index (κ3) is 5.73. The van der Waals surface area contributed by atoms with Crippen molar-refractivity contribution in [1.82, 2.24) is 0 Å². The quantitative estimate of drug-likeness (QED) is 0.156. The van der Waals surface area contributed by atoms with Gasteiger partial charge in [0, 0.05) is 22.2 Å². The molecule has 0 aromatic heterocycles. The molecule has 5 aliphatic rings. The first-order chi connectivity index (χ1) is 29.4. The summed E-state index contributed by atoms with van der Waals surface area (Å²) < 4.78 is 0. The summed E-state index contributed by atoms with van der Waals surface area (Å²) in [5, 5.41) is 2.49. The second-order valence-electron chi connectivity index (χ2n) is 19.2. The van der Waals surface area contributed by atoms with E-state index in [4.69, 9.17) is 0 Å². The van der Waals surface area contributed by atoms with Gasteiger partial charge in [0.2, 0.25) is 0 Å². The van der Waals surface area contributed by atoms with Crippen LogP contribution in [0.1, 0.15) is 69.1 Å². The summed E-state index contributed by atoms with van der Waals surface area (Å²) >= 11 is 0. The molecule has 4 bridgehead atoms. The minimum atomic E-state index is -0.113. The van der Waals surface area contributed by atoms with Crippen molar-refractivity contribution in [1.29, 1.82) is 0 Å². The molecule has 60 heavy (non-hydrogen) atoms. The zero-order valence-electron chi connectivity index (χ0n) is 34.7. The highest BCUT2D eigenvalue weighted by molar-refractivity contribution is 6.00. The van der Waals surface area contributed by atoms with Gasteiger partial charge in [0.25, 0.3) is 0 Å². The number of benzene rings is 8. The van der Waals surface area contributed by atoms with Gasteiger partial charge in [-0.2, -0.15) is 0 Å². The van der Waals surface area contributed by atoms with Gasteiger partial charge in [-0.05, 0) is 159 Å². The van der Waals surface area contributed by atoms with Crippen molar-refractivity contribution >= 4 is 27.8 Å². The lowest BCUT2D eigenvalue weighted by Gasteiger charge is -2.57. The lowest BCUT2D eigenvalue weighted by atomic mass is 9.48. The number of anilines is 3. The second kappa shape index (κ2) is 13.7. The average Bonchev–Trinajstić information content (AvgIpc) is 3.53. The van der Waals surface area contributed by atoms with Crippen molar-refractivity contribution in [3.05, 3.63) is 199 Å². The van der Waals surface area contributed by atoms with E-state index in [1.54, 1.807) is 5.56 Å². The zero-order valence-corrected chi connectivity index (χ0v) is 34.7. The van der Waals surface area contributed by atoms with E-state index < -0.39 is 0 Å². The van der Waals surface area contributed by atoms with Gasteiger partial charge >= 0.3 is 0 Å². The summed E-state index contributed by atoms with van der Waals surface area (Å²) in [7, 11) is 0. The Hall–Kier alpha value is -6.18. The Morgan fingerprint density at radius 2 is 1.00 bits per heavy atom. The molecule has 0 N–H and O–H groups in total. The minimum Gasteiger partial charge on any atom is -0.309 e. The predicted molar refractivity (Wildman–Crippen MR) is 252 cm³/mol. The van der Waals surface area contributed by atoms with E-state index in [2.05, 4.69) is 201 Å². The van der Waals surface area contributed by atoms with E-state index in [9.17, 15) is 0 Å². The van der Waals surface area contributed by atoms with Crippen LogP contribution >= 0.6 is 0 Å². The number of rotatable bonds is 7. The first kappa shape index (κ1) is 35.7. The zero-order chi connectivity index (χ0) is 40.0. The van der Waals surface area contributed by atoms with Crippen molar-refractivity contribution in [2.24, 2.45) is 17.8 Å². The topological polar surface area (TPSA) is 3.24 Å². The number of hydrogen-bond donors (Lipinski definition) is 0. The molecule has 0 atom stereocenters. The molecule has 5 aliphatic carbocycles. The standard InChI is InChI=1S/C59H51N/c1-58(2)53-16-9-8-15-51(53)57-54(58)17-10-18-56(57)60(55-30-25-47(42-11-4-3-5-12-42)35-52(55)48-20-19-43-13-6-7-14-46(43)34-48)50-28-23-45(24-29-50)44-21-26-49(27-22-44)59-36-39-31-40(37-59)33-41(32-39)38-59/h3-30,34-35,39-41H,31-33,36-38H2,1-2H3. The van der Waals surface area contributed by atoms with Crippen LogP contribution in [0.3, 0.4) is 0 Å². The van der Waals surface area contributed by atoms with Crippen LogP contribution in [0.5, 0.6) is 0 Å². The van der Waals surface area contributed by atoms with Crippen molar-refractivity contribution in [2.75, 3.05) is 4.90 Å². The molecule has 4 saturated carbocycles. The van der Waals surface area contributed by atoms with Gasteiger partial charge in [0.1, 0.15) is 0 Å². The number of nitrogens with zero attached hydrogens (tertiary/aromatic N) is 1. The van der Waals surface area contributed by atoms with Crippen molar-refractivity contribution in [3.63, 3.8) is 0 Å². The first-order valence-corrected chi connectivity index (χ1v) is 22.3. The van der Waals surface area contributed by atoms with Crippen LogP contribution < -0.4 is 4.90 Å². The van der Waals surface area contributed by atoms with Gasteiger partial charge in [-0.25, -0.2) is 0 Å². The Balaban J connectivity index is 1.01. The van der Waals surface area contributed by atoms with Crippen LogP contribution in [-0.2, 0) is 10.8 Å². The van der Waals surface area contributed by atoms with Gasteiger partial charge in [-0.1, -0.05) is 159 Å². The first-order valence-electron chi connectivity index (χ1n) is 22.3. The number of hydrogen-bond acceptors (Lipinski definition) is 1. The fourth-order valence-electron chi connectivity index (χ4n) is 12.7. The monoisotopic (exact) mass is 773 g/mol. The summed E-state index contributed by atoms with van der Waals surface area (Å²) in [5.74, 6) is 2.86. The Labute approximate surface area is 355 Å². The lowest BCUT2D eigenvalue weighted by Crippen LogP contribution is -2.48.